The zero-order valence-corrected chi connectivity index (χ0v) is 13.1. The van der Waals surface area contributed by atoms with E-state index in [9.17, 15) is 19.2 Å². The Labute approximate surface area is 131 Å². The fourth-order valence-electron chi connectivity index (χ4n) is 2.38. The third kappa shape index (κ3) is 2.75. The molecule has 0 aliphatic carbocycles. The first kappa shape index (κ1) is 16.5. The van der Waals surface area contributed by atoms with Crippen LogP contribution in [0.4, 0.5) is 4.79 Å². The fraction of sp³-hybridized carbons (Fsp3) is 0.500. The van der Waals surface area contributed by atoms with Gasteiger partial charge in [-0.3, -0.25) is 23.6 Å². The Morgan fingerprint density at radius 1 is 1.22 bits per heavy atom. The van der Waals surface area contributed by atoms with Gasteiger partial charge in [-0.2, -0.15) is 5.26 Å². The number of imide groups is 1. The summed E-state index contributed by atoms with van der Waals surface area (Å²) in [5.74, 6) is -0.428. The molecule has 23 heavy (non-hydrogen) atoms. The lowest BCUT2D eigenvalue weighted by Gasteiger charge is -2.16. The summed E-state index contributed by atoms with van der Waals surface area (Å²) >= 11 is 0. The van der Waals surface area contributed by atoms with Crippen molar-refractivity contribution in [1.82, 2.24) is 19.4 Å². The van der Waals surface area contributed by atoms with E-state index < -0.39 is 28.7 Å². The van der Waals surface area contributed by atoms with E-state index in [1.807, 2.05) is 0 Å². The van der Waals surface area contributed by atoms with Gasteiger partial charge in [0.2, 0.25) is 0 Å². The molecule has 0 saturated carbocycles. The van der Waals surface area contributed by atoms with Crippen molar-refractivity contribution in [2.24, 2.45) is 0 Å². The average Bonchev–Trinajstić information content (AvgIpc) is 2.68. The Morgan fingerprint density at radius 3 is 2.35 bits per heavy atom. The number of carbonyl (C=O) groups is 2. The topological polar surface area (TPSA) is 117 Å². The average molecular weight is 319 g/mol. The molecule has 9 nitrogen and oxygen atoms in total. The summed E-state index contributed by atoms with van der Waals surface area (Å²) in [4.78, 5) is 49.2. The van der Waals surface area contributed by atoms with Crippen molar-refractivity contribution < 1.29 is 9.59 Å². The molecule has 1 N–H and O–H groups in total. The predicted molar refractivity (Wildman–Crippen MR) is 79.7 cm³/mol. The minimum absolute atomic E-state index is 0.123. The SMILES string of the molecule is CCn1cc(C#N)c(=O)n(CCN2C(=O)NC(C)(C)C2=O)c1=O. The van der Waals surface area contributed by atoms with Crippen LogP contribution in [0.15, 0.2) is 15.8 Å². The van der Waals surface area contributed by atoms with Gasteiger partial charge in [0.05, 0.1) is 0 Å². The van der Waals surface area contributed by atoms with E-state index in [0.29, 0.717) is 6.54 Å². The number of carbonyl (C=O) groups excluding carboxylic acids is 2. The Morgan fingerprint density at radius 2 is 1.87 bits per heavy atom. The molecule has 0 radical (unpaired) electrons. The number of nitriles is 1. The lowest BCUT2D eigenvalue weighted by atomic mass is 10.1. The minimum atomic E-state index is -1.01. The Hall–Kier alpha value is -2.89. The van der Waals surface area contributed by atoms with Gasteiger partial charge < -0.3 is 5.32 Å². The van der Waals surface area contributed by atoms with Gasteiger partial charge >= 0.3 is 11.7 Å². The maximum absolute atomic E-state index is 12.2. The maximum Gasteiger partial charge on any atom is 0.331 e. The molecule has 0 bridgehead atoms. The zero-order chi connectivity index (χ0) is 17.4. The molecule has 1 aromatic heterocycles. The van der Waals surface area contributed by atoms with Crippen molar-refractivity contribution in [3.8, 4) is 6.07 Å². The second-order valence-corrected chi connectivity index (χ2v) is 5.69. The van der Waals surface area contributed by atoms with Crippen LogP contribution >= 0.6 is 0 Å². The first-order valence-corrected chi connectivity index (χ1v) is 7.11. The molecular formula is C14H17N5O4. The molecule has 9 heteroatoms. The van der Waals surface area contributed by atoms with Crippen LogP contribution in [0.5, 0.6) is 0 Å². The Balaban J connectivity index is 2.34. The van der Waals surface area contributed by atoms with Crippen molar-refractivity contribution in [2.75, 3.05) is 6.54 Å². The highest BCUT2D eigenvalue weighted by atomic mass is 16.2. The Kier molecular flexibility index (Phi) is 4.10. The number of amides is 3. The quantitative estimate of drug-likeness (QED) is 0.731. The monoisotopic (exact) mass is 319 g/mol. The van der Waals surface area contributed by atoms with Gasteiger partial charge in [-0.1, -0.05) is 0 Å². The molecular weight excluding hydrogens is 302 g/mol. The Bertz CT molecular complexity index is 827. The van der Waals surface area contributed by atoms with Crippen molar-refractivity contribution >= 4 is 11.9 Å². The van der Waals surface area contributed by atoms with Crippen molar-refractivity contribution in [2.45, 2.75) is 39.4 Å². The highest BCUT2D eigenvalue weighted by molar-refractivity contribution is 6.06. The fourth-order valence-corrected chi connectivity index (χ4v) is 2.38. The van der Waals surface area contributed by atoms with Crippen molar-refractivity contribution in [3.63, 3.8) is 0 Å². The predicted octanol–water partition coefficient (Wildman–Crippen LogP) is -0.768. The van der Waals surface area contributed by atoms with E-state index >= 15 is 0 Å². The minimum Gasteiger partial charge on any atom is -0.324 e. The van der Waals surface area contributed by atoms with E-state index in [2.05, 4.69) is 5.32 Å². The van der Waals surface area contributed by atoms with Crippen LogP contribution in [0.1, 0.15) is 26.3 Å². The van der Waals surface area contributed by atoms with Crippen molar-refractivity contribution in [1.29, 1.82) is 5.26 Å². The number of urea groups is 1. The highest BCUT2D eigenvalue weighted by Crippen LogP contribution is 2.16. The zero-order valence-electron chi connectivity index (χ0n) is 13.1. The molecule has 0 aromatic carbocycles. The molecule has 1 saturated heterocycles. The van der Waals surface area contributed by atoms with Gasteiger partial charge in [0.1, 0.15) is 17.2 Å². The van der Waals surface area contributed by atoms with Crippen LogP contribution in [-0.2, 0) is 17.9 Å². The van der Waals surface area contributed by atoms with Gasteiger partial charge in [0.25, 0.3) is 11.5 Å². The second-order valence-electron chi connectivity index (χ2n) is 5.69. The lowest BCUT2D eigenvalue weighted by Crippen LogP contribution is -2.45. The van der Waals surface area contributed by atoms with E-state index in [1.54, 1.807) is 26.8 Å². The summed E-state index contributed by atoms with van der Waals surface area (Å²) in [5.41, 5.74) is -2.49. The molecule has 2 heterocycles. The summed E-state index contributed by atoms with van der Waals surface area (Å²) in [6.45, 7) is 4.85. The molecule has 122 valence electrons. The number of hydrogen-bond donors (Lipinski definition) is 1. The number of nitrogens with one attached hydrogen (secondary N) is 1. The van der Waals surface area contributed by atoms with Crippen LogP contribution in [0.3, 0.4) is 0 Å². The standard InChI is InChI=1S/C14H17N5O4/c1-4-17-8-9(7-15)10(20)18(13(17)23)5-6-19-11(21)14(2,3)16-12(19)22/h8H,4-6H2,1-3H3,(H,16,22). The van der Waals surface area contributed by atoms with Crippen molar-refractivity contribution in [3.05, 3.63) is 32.6 Å². The number of aromatic nitrogens is 2. The number of rotatable bonds is 4. The smallest absolute Gasteiger partial charge is 0.324 e. The summed E-state index contributed by atoms with van der Waals surface area (Å²) in [5, 5.41) is 11.5. The lowest BCUT2D eigenvalue weighted by molar-refractivity contribution is -0.130. The van der Waals surface area contributed by atoms with Crippen LogP contribution in [0.2, 0.25) is 0 Å². The molecule has 1 fully saturated rings. The molecule has 0 unspecified atom stereocenters. The maximum atomic E-state index is 12.2. The molecule has 2 rings (SSSR count). The van der Waals surface area contributed by atoms with Gasteiger partial charge in [-0.25, -0.2) is 9.59 Å². The summed E-state index contributed by atoms with van der Waals surface area (Å²) in [6.07, 6.45) is 1.21. The summed E-state index contributed by atoms with van der Waals surface area (Å²) in [6, 6.07) is 1.17. The number of hydrogen-bond acceptors (Lipinski definition) is 5. The summed E-state index contributed by atoms with van der Waals surface area (Å²) < 4.78 is 2.10. The molecule has 1 aromatic rings. The summed E-state index contributed by atoms with van der Waals surface area (Å²) in [7, 11) is 0. The molecule has 0 spiro atoms. The first-order chi connectivity index (χ1) is 10.7. The van der Waals surface area contributed by atoms with Crippen LogP contribution < -0.4 is 16.6 Å². The van der Waals surface area contributed by atoms with Gasteiger partial charge in [-0.15, -0.1) is 0 Å². The van der Waals surface area contributed by atoms with Crippen LogP contribution in [-0.4, -0.2) is 38.1 Å². The number of aryl methyl sites for hydroxylation is 1. The highest BCUT2D eigenvalue weighted by Gasteiger charge is 2.43. The molecule has 1 aliphatic rings. The van der Waals surface area contributed by atoms with E-state index in [4.69, 9.17) is 5.26 Å². The van der Waals surface area contributed by atoms with Crippen LogP contribution in [0, 0.1) is 11.3 Å². The van der Waals surface area contributed by atoms with Crippen LogP contribution in [0.25, 0.3) is 0 Å². The van der Waals surface area contributed by atoms with E-state index in [1.165, 1.54) is 10.8 Å². The van der Waals surface area contributed by atoms with Gasteiger partial charge in [0, 0.05) is 25.8 Å². The third-order valence-electron chi connectivity index (χ3n) is 3.69. The normalized spacial score (nSPS) is 16.3. The largest absolute Gasteiger partial charge is 0.331 e. The molecule has 0 atom stereocenters. The van der Waals surface area contributed by atoms with Gasteiger partial charge in [0.15, 0.2) is 0 Å². The second kappa shape index (κ2) is 5.72. The molecule has 3 amide bonds. The number of nitrogens with zero attached hydrogens (tertiary/aromatic N) is 4. The van der Waals surface area contributed by atoms with E-state index in [-0.39, 0.29) is 18.7 Å². The first-order valence-electron chi connectivity index (χ1n) is 7.11. The van der Waals surface area contributed by atoms with Gasteiger partial charge in [-0.05, 0) is 20.8 Å². The molecule has 1 aliphatic heterocycles. The van der Waals surface area contributed by atoms with E-state index in [0.717, 1.165) is 9.47 Å². The third-order valence-corrected chi connectivity index (χ3v) is 3.69.